The molecule has 110 valence electrons. The number of esters is 1. The molecule has 1 aromatic carbocycles. The van der Waals surface area contributed by atoms with Crippen LogP contribution in [-0.4, -0.2) is 23.3 Å². The van der Waals surface area contributed by atoms with Crippen molar-refractivity contribution >= 4 is 40.1 Å². The van der Waals surface area contributed by atoms with Crippen LogP contribution in [0, 0.1) is 0 Å². The number of fused-ring (bicyclic) bond motifs is 1. The van der Waals surface area contributed by atoms with Gasteiger partial charge in [-0.2, -0.15) is 11.3 Å². The molecule has 2 aromatic heterocycles. The van der Waals surface area contributed by atoms with E-state index in [1.807, 2.05) is 41.1 Å². The summed E-state index contributed by atoms with van der Waals surface area (Å²) in [4.78, 5) is 26.8. The van der Waals surface area contributed by atoms with E-state index in [-0.39, 0.29) is 12.4 Å². The zero-order valence-electron chi connectivity index (χ0n) is 11.6. The number of Topliss-reactive ketones (excluding diaryl/α,β-unsaturated/α-hetero) is 1. The van der Waals surface area contributed by atoms with E-state index in [1.54, 1.807) is 23.6 Å². The van der Waals surface area contributed by atoms with Gasteiger partial charge in [0.15, 0.2) is 6.61 Å². The molecule has 2 heterocycles. The molecule has 1 N–H and O–H groups in total. The zero-order chi connectivity index (χ0) is 15.4. The number of ether oxygens (including phenoxy) is 1. The standard InChI is InChI=1S/C17H13NO3S/c19-16(14-9-18-15-4-2-1-3-13(14)15)10-21-17(20)6-5-12-7-8-22-11-12/h1-9,11,18H,10H2/b6-5+. The number of hydrogen-bond donors (Lipinski definition) is 1. The molecule has 0 saturated carbocycles. The van der Waals surface area contributed by atoms with Crippen LogP contribution in [0.3, 0.4) is 0 Å². The summed E-state index contributed by atoms with van der Waals surface area (Å²) in [6, 6.07) is 9.40. The van der Waals surface area contributed by atoms with Gasteiger partial charge in [0.05, 0.1) is 0 Å². The third kappa shape index (κ3) is 3.15. The van der Waals surface area contributed by atoms with Crippen molar-refractivity contribution in [1.29, 1.82) is 0 Å². The second kappa shape index (κ2) is 6.41. The number of thiophene rings is 1. The summed E-state index contributed by atoms with van der Waals surface area (Å²) in [5, 5.41) is 4.67. The van der Waals surface area contributed by atoms with E-state index in [0.29, 0.717) is 5.56 Å². The summed E-state index contributed by atoms with van der Waals surface area (Å²) in [7, 11) is 0. The fourth-order valence-electron chi connectivity index (χ4n) is 2.10. The highest BCUT2D eigenvalue weighted by Crippen LogP contribution is 2.18. The Hall–Kier alpha value is -2.66. The lowest BCUT2D eigenvalue weighted by Crippen LogP contribution is -2.12. The van der Waals surface area contributed by atoms with E-state index in [0.717, 1.165) is 16.5 Å². The highest BCUT2D eigenvalue weighted by atomic mass is 32.1. The Morgan fingerprint density at radius 2 is 2.09 bits per heavy atom. The first-order chi connectivity index (χ1) is 10.7. The number of nitrogens with one attached hydrogen (secondary N) is 1. The average Bonchev–Trinajstić information content (AvgIpc) is 3.19. The molecule has 0 aliphatic rings. The molecule has 0 atom stereocenters. The quantitative estimate of drug-likeness (QED) is 0.444. The van der Waals surface area contributed by atoms with Crippen molar-refractivity contribution in [2.45, 2.75) is 0 Å². The average molecular weight is 311 g/mol. The highest BCUT2D eigenvalue weighted by molar-refractivity contribution is 7.08. The molecule has 3 rings (SSSR count). The second-order valence-corrected chi connectivity index (χ2v) is 5.45. The summed E-state index contributed by atoms with van der Waals surface area (Å²) in [6.07, 6.45) is 4.63. The van der Waals surface area contributed by atoms with Crippen LogP contribution >= 0.6 is 11.3 Å². The first-order valence-electron chi connectivity index (χ1n) is 6.70. The van der Waals surface area contributed by atoms with E-state index >= 15 is 0 Å². The zero-order valence-corrected chi connectivity index (χ0v) is 12.4. The molecule has 0 radical (unpaired) electrons. The van der Waals surface area contributed by atoms with Crippen LogP contribution in [0.25, 0.3) is 17.0 Å². The minimum Gasteiger partial charge on any atom is -0.454 e. The first kappa shape index (κ1) is 14.3. The van der Waals surface area contributed by atoms with Crippen molar-refractivity contribution in [2.24, 2.45) is 0 Å². The predicted octanol–water partition coefficient (Wildman–Crippen LogP) is 3.67. The summed E-state index contributed by atoms with van der Waals surface area (Å²) in [5.74, 6) is -0.755. The molecular formula is C17H13NO3S. The SMILES string of the molecule is O=C(/C=C/c1ccsc1)OCC(=O)c1c[nH]c2ccccc12. The lowest BCUT2D eigenvalue weighted by atomic mass is 10.1. The number of para-hydroxylation sites is 1. The van der Waals surface area contributed by atoms with Crippen LogP contribution in [0.4, 0.5) is 0 Å². The Labute approximate surface area is 131 Å². The molecule has 0 unspecified atom stereocenters. The normalized spacial score (nSPS) is 11.1. The summed E-state index contributed by atoms with van der Waals surface area (Å²) in [5.41, 5.74) is 2.35. The Kier molecular flexibility index (Phi) is 4.16. The molecule has 0 spiro atoms. The molecular weight excluding hydrogens is 298 g/mol. The molecule has 4 nitrogen and oxygen atoms in total. The lowest BCUT2D eigenvalue weighted by molar-refractivity contribution is -0.136. The molecule has 5 heteroatoms. The van der Waals surface area contributed by atoms with Crippen molar-refractivity contribution in [3.63, 3.8) is 0 Å². The summed E-state index contributed by atoms with van der Waals surface area (Å²) in [6.45, 7) is -0.269. The van der Waals surface area contributed by atoms with Crippen molar-refractivity contribution in [3.05, 3.63) is 64.5 Å². The number of aromatic amines is 1. The smallest absolute Gasteiger partial charge is 0.331 e. The van der Waals surface area contributed by atoms with Crippen molar-refractivity contribution in [2.75, 3.05) is 6.61 Å². The molecule has 0 bridgehead atoms. The fourth-order valence-corrected chi connectivity index (χ4v) is 2.73. The van der Waals surface area contributed by atoms with Gasteiger partial charge >= 0.3 is 5.97 Å². The van der Waals surface area contributed by atoms with Crippen LogP contribution in [0.2, 0.25) is 0 Å². The van der Waals surface area contributed by atoms with Gasteiger partial charge < -0.3 is 9.72 Å². The number of carbonyl (C=O) groups is 2. The number of rotatable bonds is 5. The molecule has 0 fully saturated rings. The largest absolute Gasteiger partial charge is 0.454 e. The molecule has 22 heavy (non-hydrogen) atoms. The van der Waals surface area contributed by atoms with Crippen molar-refractivity contribution < 1.29 is 14.3 Å². The third-order valence-electron chi connectivity index (χ3n) is 3.19. The van der Waals surface area contributed by atoms with Gasteiger partial charge in [0.25, 0.3) is 0 Å². The van der Waals surface area contributed by atoms with Gasteiger partial charge in [-0.3, -0.25) is 4.79 Å². The van der Waals surface area contributed by atoms with E-state index in [1.165, 1.54) is 6.08 Å². The van der Waals surface area contributed by atoms with E-state index in [2.05, 4.69) is 4.98 Å². The van der Waals surface area contributed by atoms with E-state index in [4.69, 9.17) is 4.74 Å². The van der Waals surface area contributed by atoms with Crippen LogP contribution in [0.15, 0.2) is 53.4 Å². The molecule has 0 saturated heterocycles. The van der Waals surface area contributed by atoms with E-state index in [9.17, 15) is 9.59 Å². The summed E-state index contributed by atoms with van der Waals surface area (Å²) >= 11 is 1.55. The topological polar surface area (TPSA) is 59.2 Å². The third-order valence-corrected chi connectivity index (χ3v) is 3.89. The molecule has 0 aliphatic carbocycles. The Bertz CT molecular complexity index is 831. The van der Waals surface area contributed by atoms with Crippen LogP contribution in [0.1, 0.15) is 15.9 Å². The molecule has 0 aliphatic heterocycles. The molecule has 0 amide bonds. The van der Waals surface area contributed by atoms with Gasteiger partial charge in [-0.25, -0.2) is 4.79 Å². The fraction of sp³-hybridized carbons (Fsp3) is 0.0588. The van der Waals surface area contributed by atoms with Crippen LogP contribution in [0.5, 0.6) is 0 Å². The van der Waals surface area contributed by atoms with Crippen molar-refractivity contribution in [1.82, 2.24) is 4.98 Å². The Morgan fingerprint density at radius 3 is 2.91 bits per heavy atom. The minimum atomic E-state index is -0.528. The van der Waals surface area contributed by atoms with Gasteiger partial charge in [-0.05, 0) is 34.5 Å². The molecule has 3 aromatic rings. The monoisotopic (exact) mass is 311 g/mol. The number of ketones is 1. The first-order valence-corrected chi connectivity index (χ1v) is 7.64. The second-order valence-electron chi connectivity index (χ2n) is 4.67. The maximum atomic E-state index is 12.1. The minimum absolute atomic E-state index is 0.227. The highest BCUT2D eigenvalue weighted by Gasteiger charge is 2.13. The maximum Gasteiger partial charge on any atom is 0.331 e. The van der Waals surface area contributed by atoms with Gasteiger partial charge in [0, 0.05) is 28.7 Å². The number of aromatic nitrogens is 1. The van der Waals surface area contributed by atoms with Gasteiger partial charge in [-0.15, -0.1) is 0 Å². The van der Waals surface area contributed by atoms with Gasteiger partial charge in [0.2, 0.25) is 5.78 Å². The number of benzene rings is 1. The maximum absolute atomic E-state index is 12.1. The van der Waals surface area contributed by atoms with E-state index < -0.39 is 5.97 Å². The van der Waals surface area contributed by atoms with Gasteiger partial charge in [0.1, 0.15) is 0 Å². The van der Waals surface area contributed by atoms with Crippen LogP contribution in [-0.2, 0) is 9.53 Å². The van der Waals surface area contributed by atoms with Crippen LogP contribution < -0.4 is 0 Å². The predicted molar refractivity (Wildman–Crippen MR) is 86.9 cm³/mol. The Morgan fingerprint density at radius 1 is 1.23 bits per heavy atom. The number of carbonyl (C=O) groups excluding carboxylic acids is 2. The van der Waals surface area contributed by atoms with Crippen molar-refractivity contribution in [3.8, 4) is 0 Å². The number of hydrogen-bond acceptors (Lipinski definition) is 4. The Balaban J connectivity index is 1.61. The van der Waals surface area contributed by atoms with Gasteiger partial charge in [-0.1, -0.05) is 18.2 Å². The lowest BCUT2D eigenvalue weighted by Gasteiger charge is -2.00. The summed E-state index contributed by atoms with van der Waals surface area (Å²) < 4.78 is 4.99. The number of H-pyrrole nitrogens is 1.